The average molecular weight is 280 g/mol. The molecule has 102 valence electrons. The van der Waals surface area contributed by atoms with Crippen LogP contribution in [0.4, 0.5) is 0 Å². The number of benzene rings is 1. The molecule has 19 heavy (non-hydrogen) atoms. The first-order valence-electron chi connectivity index (χ1n) is 6.70. The highest BCUT2D eigenvalue weighted by Crippen LogP contribution is 2.40. The van der Waals surface area contributed by atoms with Crippen molar-refractivity contribution >= 4 is 23.3 Å². The monoisotopic (exact) mass is 279 g/mol. The minimum absolute atomic E-state index is 0. The summed E-state index contributed by atoms with van der Waals surface area (Å²) in [7, 11) is 0. The molecule has 1 spiro atoms. The summed E-state index contributed by atoms with van der Waals surface area (Å²) < 4.78 is 8.36. The van der Waals surface area contributed by atoms with Crippen molar-refractivity contribution in [1.29, 1.82) is 0 Å². The van der Waals surface area contributed by atoms with Crippen LogP contribution in [-0.4, -0.2) is 29.5 Å². The third kappa shape index (κ3) is 1.86. The maximum Gasteiger partial charge on any atom is 0.113 e. The maximum atomic E-state index is 6.20. The number of nitrogens with one attached hydrogen (secondary N) is 1. The van der Waals surface area contributed by atoms with Gasteiger partial charge < -0.3 is 10.1 Å². The Morgan fingerprint density at radius 2 is 2.00 bits per heavy atom. The highest BCUT2D eigenvalue weighted by atomic mass is 35.5. The Balaban J connectivity index is 0.00000110. The van der Waals surface area contributed by atoms with Crippen LogP contribution in [0.1, 0.15) is 18.5 Å². The van der Waals surface area contributed by atoms with Gasteiger partial charge in [-0.1, -0.05) is 18.2 Å². The van der Waals surface area contributed by atoms with Crippen molar-refractivity contribution in [3.63, 3.8) is 0 Å². The summed E-state index contributed by atoms with van der Waals surface area (Å²) in [6.45, 7) is 3.71. The minimum atomic E-state index is -0.112. The van der Waals surface area contributed by atoms with Crippen LogP contribution in [0.15, 0.2) is 24.3 Å². The fourth-order valence-corrected chi connectivity index (χ4v) is 3.33. The number of rotatable bonds is 0. The highest BCUT2D eigenvalue weighted by molar-refractivity contribution is 5.85. The topological polar surface area (TPSA) is 39.1 Å². The van der Waals surface area contributed by atoms with Gasteiger partial charge in [0.2, 0.25) is 0 Å². The van der Waals surface area contributed by atoms with Gasteiger partial charge in [-0.05, 0) is 32.0 Å². The third-order valence-corrected chi connectivity index (χ3v) is 4.17. The van der Waals surface area contributed by atoms with Crippen LogP contribution in [0.2, 0.25) is 0 Å². The van der Waals surface area contributed by atoms with Gasteiger partial charge in [-0.25, -0.2) is 0 Å². The predicted molar refractivity (Wildman–Crippen MR) is 76.7 cm³/mol. The Morgan fingerprint density at radius 1 is 1.21 bits per heavy atom. The van der Waals surface area contributed by atoms with Crippen LogP contribution in [0.3, 0.4) is 0 Å². The molecule has 1 fully saturated rings. The fourth-order valence-electron chi connectivity index (χ4n) is 3.33. The SMILES string of the molecule is Cl.c1ccc2c3n(nc2c1)CCOC31CCNCC1. The van der Waals surface area contributed by atoms with Crippen LogP contribution in [0, 0.1) is 0 Å². The molecule has 0 radical (unpaired) electrons. The van der Waals surface area contributed by atoms with E-state index in [1.807, 2.05) is 0 Å². The number of hydrogen-bond donors (Lipinski definition) is 1. The lowest BCUT2D eigenvalue weighted by Gasteiger charge is -2.41. The van der Waals surface area contributed by atoms with E-state index in [2.05, 4.69) is 34.3 Å². The number of nitrogens with zero attached hydrogens (tertiary/aromatic N) is 2. The van der Waals surface area contributed by atoms with Crippen molar-refractivity contribution in [3.8, 4) is 0 Å². The molecule has 0 amide bonds. The molecule has 1 aromatic carbocycles. The van der Waals surface area contributed by atoms with Crippen molar-refractivity contribution in [2.75, 3.05) is 19.7 Å². The molecule has 0 unspecified atom stereocenters. The molecule has 5 heteroatoms. The number of hydrogen-bond acceptors (Lipinski definition) is 3. The summed E-state index contributed by atoms with van der Waals surface area (Å²) in [6, 6.07) is 8.41. The zero-order valence-electron chi connectivity index (χ0n) is 10.8. The summed E-state index contributed by atoms with van der Waals surface area (Å²) in [5.41, 5.74) is 2.28. The Morgan fingerprint density at radius 3 is 2.84 bits per heavy atom. The Labute approximate surface area is 118 Å². The van der Waals surface area contributed by atoms with Crippen molar-refractivity contribution < 1.29 is 4.74 Å². The molecule has 4 rings (SSSR count). The van der Waals surface area contributed by atoms with Crippen LogP contribution in [0.25, 0.3) is 10.9 Å². The molecular weight excluding hydrogens is 262 g/mol. The lowest BCUT2D eigenvalue weighted by molar-refractivity contribution is -0.0972. The standard InChI is InChI=1S/C14H17N3O.ClH/c1-2-4-12-11(3-1)13-14(5-7-15-8-6-14)18-10-9-17(13)16-12;/h1-4,15H,5-10H2;1H. The van der Waals surface area contributed by atoms with Gasteiger partial charge in [0.1, 0.15) is 5.60 Å². The van der Waals surface area contributed by atoms with E-state index in [1.54, 1.807) is 0 Å². The zero-order chi connectivity index (χ0) is 12.0. The van der Waals surface area contributed by atoms with E-state index < -0.39 is 0 Å². The third-order valence-electron chi connectivity index (χ3n) is 4.17. The quantitative estimate of drug-likeness (QED) is 0.802. The van der Waals surface area contributed by atoms with E-state index in [4.69, 9.17) is 9.84 Å². The van der Waals surface area contributed by atoms with E-state index in [0.717, 1.165) is 44.6 Å². The maximum absolute atomic E-state index is 6.20. The normalized spacial score (nSPS) is 21.1. The van der Waals surface area contributed by atoms with Crippen molar-refractivity contribution in [1.82, 2.24) is 15.1 Å². The molecule has 2 aliphatic heterocycles. The Kier molecular flexibility index (Phi) is 3.25. The van der Waals surface area contributed by atoms with Crippen molar-refractivity contribution in [2.24, 2.45) is 0 Å². The van der Waals surface area contributed by atoms with E-state index in [0.29, 0.717) is 0 Å². The van der Waals surface area contributed by atoms with E-state index in [-0.39, 0.29) is 18.0 Å². The molecule has 1 aromatic heterocycles. The first-order chi connectivity index (χ1) is 8.89. The average Bonchev–Trinajstić information content (AvgIpc) is 2.79. The molecule has 0 saturated carbocycles. The lowest BCUT2D eigenvalue weighted by atomic mass is 9.86. The highest BCUT2D eigenvalue weighted by Gasteiger charge is 2.41. The van der Waals surface area contributed by atoms with Crippen LogP contribution in [0.5, 0.6) is 0 Å². The van der Waals surface area contributed by atoms with Gasteiger partial charge in [0.25, 0.3) is 0 Å². The Bertz CT molecular complexity index is 589. The number of fused-ring (bicyclic) bond motifs is 4. The summed E-state index contributed by atoms with van der Waals surface area (Å²) >= 11 is 0. The van der Waals surface area contributed by atoms with E-state index in [9.17, 15) is 0 Å². The Hall–Kier alpha value is -1.10. The first kappa shape index (κ1) is 12.9. The molecule has 2 aliphatic rings. The molecule has 0 aliphatic carbocycles. The molecule has 3 heterocycles. The molecule has 0 atom stereocenters. The molecular formula is C14H18ClN3O. The number of ether oxygens (including phenoxy) is 1. The molecule has 1 saturated heterocycles. The summed E-state index contributed by atoms with van der Waals surface area (Å²) in [5, 5.41) is 9.40. The van der Waals surface area contributed by atoms with Gasteiger partial charge in [0, 0.05) is 5.39 Å². The lowest BCUT2D eigenvalue weighted by Crippen LogP contribution is -2.46. The van der Waals surface area contributed by atoms with Crippen molar-refractivity contribution in [3.05, 3.63) is 30.0 Å². The van der Waals surface area contributed by atoms with Crippen LogP contribution >= 0.6 is 12.4 Å². The first-order valence-corrected chi connectivity index (χ1v) is 6.70. The van der Waals surface area contributed by atoms with Gasteiger partial charge in [0.15, 0.2) is 0 Å². The summed E-state index contributed by atoms with van der Waals surface area (Å²) in [5.74, 6) is 0. The van der Waals surface area contributed by atoms with Crippen LogP contribution in [-0.2, 0) is 16.9 Å². The van der Waals surface area contributed by atoms with E-state index >= 15 is 0 Å². The smallest absolute Gasteiger partial charge is 0.113 e. The van der Waals surface area contributed by atoms with Gasteiger partial charge >= 0.3 is 0 Å². The summed E-state index contributed by atoms with van der Waals surface area (Å²) in [4.78, 5) is 0. The second-order valence-electron chi connectivity index (χ2n) is 5.18. The zero-order valence-corrected chi connectivity index (χ0v) is 11.6. The molecule has 4 nitrogen and oxygen atoms in total. The minimum Gasteiger partial charge on any atom is -0.367 e. The fraction of sp³-hybridized carbons (Fsp3) is 0.500. The number of piperidine rings is 1. The summed E-state index contributed by atoms with van der Waals surface area (Å²) in [6.07, 6.45) is 2.09. The second-order valence-corrected chi connectivity index (χ2v) is 5.18. The number of aromatic nitrogens is 2. The second kappa shape index (κ2) is 4.78. The van der Waals surface area contributed by atoms with E-state index in [1.165, 1.54) is 11.1 Å². The number of halogens is 1. The van der Waals surface area contributed by atoms with Crippen molar-refractivity contribution in [2.45, 2.75) is 25.0 Å². The van der Waals surface area contributed by atoms with Gasteiger partial charge in [-0.3, -0.25) is 4.68 Å². The molecule has 0 bridgehead atoms. The predicted octanol–water partition coefficient (Wildman–Crippen LogP) is 2.07. The largest absolute Gasteiger partial charge is 0.367 e. The van der Waals surface area contributed by atoms with Gasteiger partial charge in [-0.2, -0.15) is 5.10 Å². The molecule has 2 aromatic rings. The van der Waals surface area contributed by atoms with Gasteiger partial charge in [-0.15, -0.1) is 12.4 Å². The van der Waals surface area contributed by atoms with Crippen LogP contribution < -0.4 is 5.32 Å². The molecule has 1 N–H and O–H groups in total. The van der Waals surface area contributed by atoms with Gasteiger partial charge in [0.05, 0.1) is 24.4 Å².